The van der Waals surface area contributed by atoms with Gasteiger partial charge < -0.3 is 32.8 Å². The van der Waals surface area contributed by atoms with Gasteiger partial charge in [-0.1, -0.05) is 75.4 Å². The molecule has 1 radical (unpaired) electrons. The largest absolute Gasteiger partial charge is 0.401 e. The van der Waals surface area contributed by atoms with Crippen molar-refractivity contribution in [3.05, 3.63) is 83.9 Å². The van der Waals surface area contributed by atoms with E-state index in [4.69, 9.17) is 37.8 Å². The van der Waals surface area contributed by atoms with Crippen LogP contribution in [0.2, 0.25) is 0 Å². The highest BCUT2D eigenvalue weighted by molar-refractivity contribution is 6.80. The van der Waals surface area contributed by atoms with Crippen molar-refractivity contribution in [3.63, 3.8) is 0 Å². The zero-order valence-electron chi connectivity index (χ0n) is 28.8. The van der Waals surface area contributed by atoms with Gasteiger partial charge in [0.25, 0.3) is 9.04 Å². The monoisotopic (exact) mass is 675 g/mol. The smallest absolute Gasteiger partial charge is 0.283 e. The molecule has 48 heavy (non-hydrogen) atoms. The van der Waals surface area contributed by atoms with Crippen molar-refractivity contribution in [3.8, 4) is 0 Å². The molecular formula is C38H51N2O7Si. The molecule has 0 amide bonds. The minimum absolute atomic E-state index is 0.00782. The van der Waals surface area contributed by atoms with Crippen molar-refractivity contribution in [2.24, 2.45) is 0 Å². The van der Waals surface area contributed by atoms with Crippen LogP contribution >= 0.6 is 0 Å². The van der Waals surface area contributed by atoms with Crippen LogP contribution in [0.25, 0.3) is 0 Å². The molecule has 2 aliphatic heterocycles. The normalized spacial score (nSPS) is 25.9. The fourth-order valence-corrected chi connectivity index (χ4v) is 8.70. The van der Waals surface area contributed by atoms with Crippen molar-refractivity contribution in [1.29, 1.82) is 0 Å². The van der Waals surface area contributed by atoms with E-state index >= 15 is 0 Å². The lowest BCUT2D eigenvalue weighted by molar-refractivity contribution is -0.0639. The van der Waals surface area contributed by atoms with Gasteiger partial charge in [-0.2, -0.15) is 0 Å². The van der Waals surface area contributed by atoms with Gasteiger partial charge >= 0.3 is 0 Å². The number of aromatic nitrogens is 2. The molecule has 2 saturated heterocycles. The van der Waals surface area contributed by atoms with E-state index in [1.807, 2.05) is 12.3 Å². The summed E-state index contributed by atoms with van der Waals surface area (Å²) in [6.45, 7) is 10.4. The molecular weight excluding hydrogens is 625 g/mol. The second-order valence-corrected chi connectivity index (χ2v) is 16.1. The molecule has 0 N–H and O–H groups in total. The Hall–Kier alpha value is -2.54. The van der Waals surface area contributed by atoms with Gasteiger partial charge in [0.2, 0.25) is 0 Å². The van der Waals surface area contributed by atoms with Crippen LogP contribution in [0.1, 0.15) is 69.5 Å². The van der Waals surface area contributed by atoms with Crippen LogP contribution in [-0.4, -0.2) is 96.3 Å². The summed E-state index contributed by atoms with van der Waals surface area (Å²) in [5, 5.41) is 2.47. The van der Waals surface area contributed by atoms with Crippen LogP contribution in [0, 0.1) is 0 Å². The first-order valence-corrected chi connectivity index (χ1v) is 18.8. The highest BCUT2D eigenvalue weighted by atomic mass is 28.3. The third-order valence-electron chi connectivity index (χ3n) is 9.59. The molecule has 0 unspecified atom stereocenters. The first-order chi connectivity index (χ1) is 23.4. The highest BCUT2D eigenvalue weighted by Gasteiger charge is 2.48. The third-order valence-corrected chi connectivity index (χ3v) is 11.7. The Morgan fingerprint density at radius 2 is 1.44 bits per heavy atom. The lowest BCUT2D eigenvalue weighted by atomic mass is 9.87. The van der Waals surface area contributed by atoms with Crippen molar-refractivity contribution >= 4 is 19.4 Å². The van der Waals surface area contributed by atoms with E-state index in [2.05, 4.69) is 80.4 Å². The van der Waals surface area contributed by atoms with E-state index in [1.165, 1.54) is 15.9 Å². The molecule has 3 aliphatic rings. The maximum atomic E-state index is 6.67. The lowest BCUT2D eigenvalue weighted by Crippen LogP contribution is -2.45. The van der Waals surface area contributed by atoms with E-state index in [0.29, 0.717) is 52.2 Å². The summed E-state index contributed by atoms with van der Waals surface area (Å²) in [5.41, 5.74) is 2.37. The Bertz CT molecular complexity index is 1400. The molecule has 10 heteroatoms. The molecule has 3 heterocycles. The van der Waals surface area contributed by atoms with Gasteiger partial charge in [0, 0.05) is 19.2 Å². The molecule has 3 aromatic rings. The van der Waals surface area contributed by atoms with Gasteiger partial charge in [-0.15, -0.1) is 0 Å². The molecule has 3 fully saturated rings. The molecule has 1 saturated carbocycles. The first-order valence-electron chi connectivity index (χ1n) is 17.4. The van der Waals surface area contributed by atoms with Crippen molar-refractivity contribution in [2.75, 3.05) is 46.8 Å². The molecule has 1 aliphatic carbocycles. The van der Waals surface area contributed by atoms with E-state index in [-0.39, 0.29) is 35.9 Å². The Morgan fingerprint density at radius 1 is 0.771 bits per heavy atom. The lowest BCUT2D eigenvalue weighted by Gasteiger charge is -2.28. The van der Waals surface area contributed by atoms with Crippen molar-refractivity contribution < 1.29 is 32.8 Å². The summed E-state index contributed by atoms with van der Waals surface area (Å²) in [6.07, 6.45) is 5.99. The predicted molar refractivity (Wildman–Crippen MR) is 185 cm³/mol. The van der Waals surface area contributed by atoms with Gasteiger partial charge in [-0.3, -0.25) is 0 Å². The van der Waals surface area contributed by atoms with Gasteiger partial charge in [-0.05, 0) is 53.1 Å². The Kier molecular flexibility index (Phi) is 12.4. The minimum Gasteiger partial charge on any atom is -0.401 e. The van der Waals surface area contributed by atoms with Crippen LogP contribution in [0.15, 0.2) is 66.9 Å². The quantitative estimate of drug-likeness (QED) is 0.172. The standard InChI is InChI=1S/C38H51N2O7Si/c1-38(2,3)28-12-16-32(17-13-28)48(31-8-6-5-7-9-31)47-24-29-18-19-39-37(40-29)27-10-14-30(15-11-27)43-22-20-42-21-23-44-34-26-46-35-33(41-4)25-45-36(34)35/h5-9,12-13,16-19,27,30,33-36H,10-11,14-15,20-26H2,1-4H3/t27?,30?,33-,34-,35-,36-/m1/s1. The van der Waals surface area contributed by atoms with E-state index in [0.717, 1.165) is 37.2 Å². The maximum Gasteiger partial charge on any atom is 0.283 e. The summed E-state index contributed by atoms with van der Waals surface area (Å²) in [7, 11) is 0.254. The average molecular weight is 676 g/mol. The topological polar surface area (TPSA) is 90.4 Å². The number of hydrogen-bond acceptors (Lipinski definition) is 9. The summed E-state index contributed by atoms with van der Waals surface area (Å²) < 4.78 is 41.6. The Morgan fingerprint density at radius 3 is 2.15 bits per heavy atom. The zero-order valence-corrected chi connectivity index (χ0v) is 29.8. The summed E-state index contributed by atoms with van der Waals surface area (Å²) in [5.74, 6) is 1.25. The van der Waals surface area contributed by atoms with Gasteiger partial charge in [0.05, 0.1) is 58.0 Å². The van der Waals surface area contributed by atoms with E-state index < -0.39 is 9.04 Å². The molecule has 0 spiro atoms. The number of hydrogen-bond donors (Lipinski definition) is 0. The van der Waals surface area contributed by atoms with E-state index in [1.54, 1.807) is 7.11 Å². The van der Waals surface area contributed by atoms with Crippen molar-refractivity contribution in [1.82, 2.24) is 9.97 Å². The molecule has 2 aromatic carbocycles. The van der Waals surface area contributed by atoms with Crippen LogP contribution < -0.4 is 10.4 Å². The molecule has 6 rings (SSSR count). The number of fused-ring (bicyclic) bond motifs is 1. The summed E-state index contributed by atoms with van der Waals surface area (Å²) in [4.78, 5) is 9.64. The van der Waals surface area contributed by atoms with E-state index in [9.17, 15) is 0 Å². The van der Waals surface area contributed by atoms with Crippen LogP contribution in [-0.2, 0) is 44.9 Å². The molecule has 259 valence electrons. The molecule has 4 atom stereocenters. The molecule has 0 bridgehead atoms. The summed E-state index contributed by atoms with van der Waals surface area (Å²) >= 11 is 0. The van der Waals surface area contributed by atoms with Crippen LogP contribution in [0.3, 0.4) is 0 Å². The number of nitrogens with zero attached hydrogens (tertiary/aromatic N) is 2. The maximum absolute atomic E-state index is 6.67. The SMILES string of the molecule is CO[C@@H]1CO[C@H]2[C@@H]1OC[C@H]2OCCOCCOC1CCC(c2nccc(CO[Si](c3ccccc3)c3ccc(C(C)(C)C)cc3)n2)CC1. The molecule has 1 aromatic heterocycles. The fraction of sp³-hybridized carbons (Fsp3) is 0.579. The third kappa shape index (κ3) is 9.16. The highest BCUT2D eigenvalue weighted by Crippen LogP contribution is 2.33. The van der Waals surface area contributed by atoms with Gasteiger partial charge in [-0.25, -0.2) is 9.97 Å². The predicted octanol–water partition coefficient (Wildman–Crippen LogP) is 4.35. The number of benzene rings is 2. The zero-order chi connectivity index (χ0) is 33.3. The van der Waals surface area contributed by atoms with Gasteiger partial charge in [0.1, 0.15) is 30.2 Å². The molecule has 9 nitrogen and oxygen atoms in total. The van der Waals surface area contributed by atoms with Gasteiger partial charge in [0.15, 0.2) is 0 Å². The van der Waals surface area contributed by atoms with Crippen LogP contribution in [0.5, 0.6) is 0 Å². The summed E-state index contributed by atoms with van der Waals surface area (Å²) in [6, 6.07) is 21.5. The number of methoxy groups -OCH3 is 1. The second kappa shape index (κ2) is 16.9. The van der Waals surface area contributed by atoms with Crippen molar-refractivity contribution in [2.45, 2.75) is 94.9 Å². The average Bonchev–Trinajstić information content (AvgIpc) is 3.71. The minimum atomic E-state index is -1.44. The second-order valence-electron chi connectivity index (χ2n) is 14.0. The number of rotatable bonds is 15. The Balaban J connectivity index is 0.909. The first kappa shape index (κ1) is 35.3. The number of ether oxygens (including phenoxy) is 6. The van der Waals surface area contributed by atoms with Crippen LogP contribution in [0.4, 0.5) is 0 Å². The fourth-order valence-electron chi connectivity index (χ4n) is 6.78. The Labute approximate surface area is 287 Å².